The van der Waals surface area contributed by atoms with E-state index in [-0.39, 0.29) is 12.4 Å². The van der Waals surface area contributed by atoms with E-state index in [1.807, 2.05) is 25.4 Å². The number of aromatic nitrogens is 2. The van der Waals surface area contributed by atoms with Crippen molar-refractivity contribution < 1.29 is 0 Å². The zero-order valence-corrected chi connectivity index (χ0v) is 15.2. The maximum Gasteiger partial charge on any atom is 0.0705 e. The third-order valence-electron chi connectivity index (χ3n) is 4.70. The molecular weight excluding hydrogens is 332 g/mol. The van der Waals surface area contributed by atoms with Gasteiger partial charge in [0.15, 0.2) is 0 Å². The Hall–Kier alpha value is -2.01. The van der Waals surface area contributed by atoms with Crippen LogP contribution < -0.4 is 5.32 Å². The summed E-state index contributed by atoms with van der Waals surface area (Å²) < 4.78 is 0. The summed E-state index contributed by atoms with van der Waals surface area (Å²) in [5, 5.41) is 4.72. The molecule has 5 heteroatoms. The largest absolute Gasteiger partial charge is 0.314 e. The molecular formula is C20H23ClN4. The first kappa shape index (κ1) is 17.8. The normalized spacial score (nSPS) is 18.0. The lowest BCUT2D eigenvalue weighted by Crippen LogP contribution is -2.45. The number of piperazine rings is 1. The quantitative estimate of drug-likeness (QED) is 0.781. The summed E-state index contributed by atoms with van der Waals surface area (Å²) in [7, 11) is 0. The van der Waals surface area contributed by atoms with Gasteiger partial charge < -0.3 is 5.32 Å². The molecule has 1 aliphatic rings. The first-order chi connectivity index (χ1) is 11.8. The lowest BCUT2D eigenvalue weighted by molar-refractivity contribution is 0.153. The number of pyridine rings is 2. The van der Waals surface area contributed by atoms with Gasteiger partial charge in [0, 0.05) is 55.7 Å². The molecule has 4 nitrogen and oxygen atoms in total. The molecule has 3 heterocycles. The Morgan fingerprint density at radius 3 is 2.96 bits per heavy atom. The van der Waals surface area contributed by atoms with Crippen molar-refractivity contribution in [2.24, 2.45) is 0 Å². The Morgan fingerprint density at radius 1 is 1.20 bits per heavy atom. The van der Waals surface area contributed by atoms with E-state index in [9.17, 15) is 0 Å². The van der Waals surface area contributed by atoms with Crippen LogP contribution in [0, 0.1) is 6.92 Å². The number of aryl methyl sites for hydroxylation is 1. The Labute approximate surface area is 154 Å². The van der Waals surface area contributed by atoms with Crippen molar-refractivity contribution in [1.29, 1.82) is 0 Å². The molecule has 0 saturated carbocycles. The zero-order chi connectivity index (χ0) is 16.4. The van der Waals surface area contributed by atoms with Crippen molar-refractivity contribution in [3.05, 3.63) is 71.7 Å². The van der Waals surface area contributed by atoms with E-state index in [4.69, 9.17) is 0 Å². The predicted molar refractivity (Wildman–Crippen MR) is 104 cm³/mol. The van der Waals surface area contributed by atoms with E-state index in [2.05, 4.69) is 56.6 Å². The number of hydrogen-bond donors (Lipinski definition) is 1. The number of nitrogens with zero attached hydrogens (tertiary/aromatic N) is 3. The maximum atomic E-state index is 4.59. The summed E-state index contributed by atoms with van der Waals surface area (Å²) in [6.45, 7) is 6.03. The van der Waals surface area contributed by atoms with Crippen LogP contribution in [0.15, 0.2) is 54.9 Å². The van der Waals surface area contributed by atoms with Crippen LogP contribution in [0.1, 0.15) is 22.9 Å². The number of fused-ring (bicyclic) bond motifs is 1. The fraction of sp³-hybridized carbons (Fsp3) is 0.300. The molecule has 0 bridgehead atoms. The van der Waals surface area contributed by atoms with E-state index >= 15 is 0 Å². The molecule has 1 aromatic carbocycles. The number of rotatable bonds is 3. The minimum Gasteiger partial charge on any atom is -0.314 e. The topological polar surface area (TPSA) is 41.0 Å². The Balaban J connectivity index is 0.00000182. The lowest BCUT2D eigenvalue weighted by Gasteiger charge is -2.36. The molecule has 1 unspecified atom stereocenters. The van der Waals surface area contributed by atoms with Gasteiger partial charge in [-0.15, -0.1) is 12.4 Å². The summed E-state index contributed by atoms with van der Waals surface area (Å²) in [6, 6.07) is 15.4. The first-order valence-corrected chi connectivity index (χ1v) is 8.50. The van der Waals surface area contributed by atoms with Crippen LogP contribution in [0.2, 0.25) is 0 Å². The molecule has 1 aliphatic heterocycles. The average Bonchev–Trinajstić information content (AvgIpc) is 2.63. The van der Waals surface area contributed by atoms with Crippen LogP contribution in [0.3, 0.4) is 0 Å². The van der Waals surface area contributed by atoms with Gasteiger partial charge in [-0.05, 0) is 42.3 Å². The highest BCUT2D eigenvalue weighted by Gasteiger charge is 2.23. The molecule has 0 aliphatic carbocycles. The molecule has 1 N–H and O–H groups in total. The third-order valence-corrected chi connectivity index (χ3v) is 4.70. The van der Waals surface area contributed by atoms with E-state index in [0.717, 1.165) is 37.4 Å². The molecule has 0 radical (unpaired) electrons. The van der Waals surface area contributed by atoms with Crippen LogP contribution in [-0.4, -0.2) is 34.5 Å². The van der Waals surface area contributed by atoms with Crippen LogP contribution >= 0.6 is 12.4 Å². The summed E-state index contributed by atoms with van der Waals surface area (Å²) in [5.74, 6) is 0. The molecule has 2 aromatic heterocycles. The monoisotopic (exact) mass is 354 g/mol. The molecule has 4 rings (SSSR count). The first-order valence-electron chi connectivity index (χ1n) is 8.50. The second-order valence-corrected chi connectivity index (χ2v) is 6.46. The van der Waals surface area contributed by atoms with Crippen LogP contribution in [0.4, 0.5) is 0 Å². The van der Waals surface area contributed by atoms with Gasteiger partial charge in [-0.2, -0.15) is 0 Å². The summed E-state index contributed by atoms with van der Waals surface area (Å²) in [6.07, 6.45) is 3.82. The van der Waals surface area contributed by atoms with Crippen LogP contribution in [0.5, 0.6) is 0 Å². The Morgan fingerprint density at radius 2 is 2.12 bits per heavy atom. The minimum absolute atomic E-state index is 0. The van der Waals surface area contributed by atoms with Crippen LogP contribution in [-0.2, 0) is 6.54 Å². The average molecular weight is 355 g/mol. The molecule has 0 spiro atoms. The lowest BCUT2D eigenvalue weighted by atomic mass is 10.0. The van der Waals surface area contributed by atoms with Gasteiger partial charge in [-0.3, -0.25) is 14.9 Å². The fourth-order valence-corrected chi connectivity index (χ4v) is 3.45. The predicted octanol–water partition coefficient (Wildman–Crippen LogP) is 3.51. The Bertz CT molecular complexity index is 837. The van der Waals surface area contributed by atoms with E-state index in [0.29, 0.717) is 6.04 Å². The van der Waals surface area contributed by atoms with E-state index in [1.165, 1.54) is 16.5 Å². The second kappa shape index (κ2) is 7.91. The zero-order valence-electron chi connectivity index (χ0n) is 14.4. The van der Waals surface area contributed by atoms with E-state index < -0.39 is 0 Å². The minimum atomic E-state index is 0. The maximum absolute atomic E-state index is 4.59. The summed E-state index contributed by atoms with van der Waals surface area (Å²) >= 11 is 0. The SMILES string of the molecule is Cc1ccc2cc(CN3CCNCC3c3cccnc3)ccc2n1.Cl. The van der Waals surface area contributed by atoms with Gasteiger partial charge in [0.1, 0.15) is 0 Å². The molecule has 3 aromatic rings. The van der Waals surface area contributed by atoms with Crippen molar-refractivity contribution in [1.82, 2.24) is 20.2 Å². The highest BCUT2D eigenvalue weighted by molar-refractivity contribution is 5.85. The van der Waals surface area contributed by atoms with Gasteiger partial charge in [0.2, 0.25) is 0 Å². The van der Waals surface area contributed by atoms with Gasteiger partial charge in [-0.1, -0.05) is 18.2 Å². The molecule has 1 atom stereocenters. The highest BCUT2D eigenvalue weighted by Crippen LogP contribution is 2.24. The molecule has 1 fully saturated rings. The second-order valence-electron chi connectivity index (χ2n) is 6.46. The van der Waals surface area contributed by atoms with Crippen molar-refractivity contribution in [2.75, 3.05) is 19.6 Å². The van der Waals surface area contributed by atoms with Crippen molar-refractivity contribution in [3.8, 4) is 0 Å². The van der Waals surface area contributed by atoms with Gasteiger partial charge >= 0.3 is 0 Å². The number of benzene rings is 1. The molecule has 25 heavy (non-hydrogen) atoms. The molecule has 1 saturated heterocycles. The number of nitrogens with one attached hydrogen (secondary N) is 1. The van der Waals surface area contributed by atoms with Gasteiger partial charge in [0.25, 0.3) is 0 Å². The van der Waals surface area contributed by atoms with Gasteiger partial charge in [-0.25, -0.2) is 0 Å². The summed E-state index contributed by atoms with van der Waals surface area (Å²) in [4.78, 5) is 11.4. The molecule has 130 valence electrons. The van der Waals surface area contributed by atoms with Crippen LogP contribution in [0.25, 0.3) is 10.9 Å². The van der Waals surface area contributed by atoms with Crippen molar-refractivity contribution >= 4 is 23.3 Å². The van der Waals surface area contributed by atoms with Crippen molar-refractivity contribution in [2.45, 2.75) is 19.5 Å². The fourth-order valence-electron chi connectivity index (χ4n) is 3.45. The van der Waals surface area contributed by atoms with Crippen molar-refractivity contribution in [3.63, 3.8) is 0 Å². The third kappa shape index (κ3) is 3.98. The number of hydrogen-bond acceptors (Lipinski definition) is 4. The van der Waals surface area contributed by atoms with Gasteiger partial charge in [0.05, 0.1) is 5.52 Å². The number of halogens is 1. The standard InChI is InChI=1S/C20H22N4.ClH/c1-15-4-6-17-11-16(5-7-19(17)23-15)14-24-10-9-22-13-20(24)18-3-2-8-21-12-18;/h2-8,11-12,20,22H,9-10,13-14H2,1H3;1H. The van der Waals surface area contributed by atoms with E-state index in [1.54, 1.807) is 0 Å². The Kier molecular flexibility index (Phi) is 5.63. The smallest absolute Gasteiger partial charge is 0.0705 e. The molecule has 0 amide bonds. The highest BCUT2D eigenvalue weighted by atomic mass is 35.5. The summed E-state index contributed by atoms with van der Waals surface area (Å²) in [5.41, 5.74) is 4.75.